The normalized spacial score (nSPS) is 13.3. The molecule has 9 nitrogen and oxygen atoms in total. The molecule has 6 aromatic carbocycles. The summed E-state index contributed by atoms with van der Waals surface area (Å²) in [5, 5.41) is 0. The Morgan fingerprint density at radius 3 is 0.771 bits per heavy atom. The molecule has 0 amide bonds. The zero-order valence-electron chi connectivity index (χ0n) is 78.6. The third kappa shape index (κ3) is 39.4. The molecule has 0 spiro atoms. The molecule has 0 saturated carbocycles. The highest BCUT2D eigenvalue weighted by molar-refractivity contribution is 7.43. The van der Waals surface area contributed by atoms with Gasteiger partial charge in [-0.05, 0) is 212 Å². The van der Waals surface area contributed by atoms with E-state index in [0.29, 0.717) is 19.8 Å². The van der Waals surface area contributed by atoms with Crippen LogP contribution >= 0.6 is 25.8 Å². The minimum atomic E-state index is -1.84. The third-order valence-electron chi connectivity index (χ3n) is 23.4. The summed E-state index contributed by atoms with van der Waals surface area (Å²) in [7, 11) is -5.50. The van der Waals surface area contributed by atoms with Gasteiger partial charge in [0.25, 0.3) is 0 Å². The summed E-state index contributed by atoms with van der Waals surface area (Å²) in [5.41, 5.74) is 13.6. The lowest BCUT2D eigenvalue weighted by atomic mass is 9.74. The van der Waals surface area contributed by atoms with Crippen molar-refractivity contribution in [3.8, 4) is 34.5 Å². The molecule has 0 heterocycles. The molecule has 0 saturated heterocycles. The van der Waals surface area contributed by atoms with E-state index >= 15 is 0 Å². The van der Waals surface area contributed by atoms with Gasteiger partial charge in [-0.2, -0.15) is 0 Å². The Morgan fingerprint density at radius 2 is 0.508 bits per heavy atom. The summed E-state index contributed by atoms with van der Waals surface area (Å²) in [4.78, 5) is 0. The van der Waals surface area contributed by atoms with Gasteiger partial charge in [0, 0.05) is 22.6 Å². The van der Waals surface area contributed by atoms with Crippen LogP contribution in [0.15, 0.2) is 109 Å². The molecule has 6 aromatic rings. The molecule has 0 N–H and O–H groups in total. The van der Waals surface area contributed by atoms with Crippen LogP contribution < -0.4 is 27.1 Å². The standard InChI is InChI=1S/C106H169O9P3/c1-20-26-32-38-44-50-56-71-107-116(110-91-68-59-65-88(78-91)62-53-47-41-35-29-23-4)113-101-75-85(8)94(81-98(101)104(11,12)13)84(7)74-97(95-82-99(105(14,15)16)102(76-86(95)9)114-117(108-72-57-51-45-39-33-27-21-2)111-92-69-60-66-89(79-92)63-54-48-42-36-30-24-5)96-83-100(106(17,18)19)103(77-87(96)10)115-118(109-73-58-52-46-40-34-28-22-3)112-93-70-61-67-90(80-93)64-55-49-43-37-31-25-6/h59-61,65-70,75-84,97H,20-58,62-64,71-74H2,1-19H3. The highest BCUT2D eigenvalue weighted by Crippen LogP contribution is 2.53. The van der Waals surface area contributed by atoms with E-state index in [1.165, 1.54) is 251 Å². The number of hydrogen-bond acceptors (Lipinski definition) is 9. The van der Waals surface area contributed by atoms with Crippen LogP contribution in [0.5, 0.6) is 34.5 Å². The van der Waals surface area contributed by atoms with Gasteiger partial charge in [-0.3, -0.25) is 13.6 Å². The fourth-order valence-corrected chi connectivity index (χ4v) is 19.2. The first-order valence-corrected chi connectivity index (χ1v) is 51.3. The number of benzene rings is 6. The molecule has 0 fully saturated rings. The third-order valence-corrected chi connectivity index (χ3v) is 26.7. The van der Waals surface area contributed by atoms with Gasteiger partial charge in [-0.25, -0.2) is 0 Å². The lowest BCUT2D eigenvalue weighted by Gasteiger charge is -2.33. The fourth-order valence-electron chi connectivity index (χ4n) is 16.2. The molecule has 662 valence electrons. The topological polar surface area (TPSA) is 83.1 Å². The minimum absolute atomic E-state index is 0.0757. The van der Waals surface area contributed by atoms with Crippen LogP contribution in [-0.4, -0.2) is 19.8 Å². The summed E-state index contributed by atoms with van der Waals surface area (Å²) in [6, 6.07) is 40.4. The van der Waals surface area contributed by atoms with Crippen LogP contribution in [0.4, 0.5) is 0 Å². The summed E-state index contributed by atoms with van der Waals surface area (Å²) >= 11 is 0. The number of aryl methyl sites for hydroxylation is 6. The maximum atomic E-state index is 7.33. The van der Waals surface area contributed by atoms with E-state index in [4.69, 9.17) is 40.7 Å². The second kappa shape index (κ2) is 57.7. The van der Waals surface area contributed by atoms with Crippen LogP contribution in [0.25, 0.3) is 0 Å². The lowest BCUT2D eigenvalue weighted by molar-refractivity contribution is 0.256. The predicted octanol–water partition coefficient (Wildman–Crippen LogP) is 35.9. The molecule has 0 aliphatic rings. The van der Waals surface area contributed by atoms with E-state index in [0.717, 1.165) is 127 Å². The van der Waals surface area contributed by atoms with Crippen molar-refractivity contribution < 1.29 is 40.7 Å². The molecule has 0 aliphatic carbocycles. The Bertz CT molecular complexity index is 3500. The first-order chi connectivity index (χ1) is 56.9. The summed E-state index contributed by atoms with van der Waals surface area (Å²) in [5.74, 6) is 4.83. The number of unbranched alkanes of at least 4 members (excludes halogenated alkanes) is 33. The molecule has 118 heavy (non-hydrogen) atoms. The monoisotopic (exact) mass is 1680 g/mol. The average Bonchev–Trinajstić information content (AvgIpc) is 0.764. The lowest BCUT2D eigenvalue weighted by Crippen LogP contribution is -2.19. The molecule has 0 aliphatic heterocycles. The van der Waals surface area contributed by atoms with Crippen molar-refractivity contribution in [1.29, 1.82) is 0 Å². The average molecular weight is 1680 g/mol. The van der Waals surface area contributed by atoms with Gasteiger partial charge in [0.1, 0.15) is 34.5 Å². The molecular formula is C106H169O9P3. The highest BCUT2D eigenvalue weighted by Gasteiger charge is 2.34. The quantitative estimate of drug-likeness (QED) is 0.0274. The molecule has 4 unspecified atom stereocenters. The van der Waals surface area contributed by atoms with E-state index < -0.39 is 25.8 Å². The molecule has 0 aromatic heterocycles. The Balaban J connectivity index is 1.48. The van der Waals surface area contributed by atoms with E-state index in [1.807, 2.05) is 0 Å². The summed E-state index contributed by atoms with van der Waals surface area (Å²) in [6.07, 6.45) is 51.8. The zero-order valence-corrected chi connectivity index (χ0v) is 81.3. The first kappa shape index (κ1) is 102. The van der Waals surface area contributed by atoms with Gasteiger partial charge in [-0.15, -0.1) is 0 Å². The summed E-state index contributed by atoms with van der Waals surface area (Å²) in [6.45, 7) is 45.6. The van der Waals surface area contributed by atoms with Gasteiger partial charge >= 0.3 is 25.8 Å². The SMILES string of the molecule is CCCCCCCCCOP(Oc1cccc(CCCCCCCC)c1)Oc1cc(C)c(C(C)CC(c2cc(C(C)(C)C)c(OP(OCCCCCCCCC)Oc3cccc(CCCCCCCC)c3)cc2C)c2cc(C(C)(C)C)c(OP(OCCCCCCCCC)Oc3cccc(CCCCCCCC)c3)cc2C)cc1C(C)(C)C. The van der Waals surface area contributed by atoms with Crippen molar-refractivity contribution in [2.24, 2.45) is 0 Å². The molecule has 4 atom stereocenters. The van der Waals surface area contributed by atoms with Crippen LogP contribution in [-0.2, 0) is 49.1 Å². The van der Waals surface area contributed by atoms with E-state index in [9.17, 15) is 0 Å². The number of rotatable bonds is 65. The molecule has 12 heteroatoms. The maximum Gasteiger partial charge on any atom is 0.463 e. The van der Waals surface area contributed by atoms with E-state index in [1.54, 1.807) is 0 Å². The van der Waals surface area contributed by atoms with Crippen molar-refractivity contribution >= 4 is 25.8 Å². The van der Waals surface area contributed by atoms with E-state index in [-0.39, 0.29) is 28.1 Å². The maximum absolute atomic E-state index is 7.33. The van der Waals surface area contributed by atoms with E-state index in [2.05, 4.69) is 241 Å². The molecule has 6 rings (SSSR count). The largest absolute Gasteiger partial charge is 0.463 e. The van der Waals surface area contributed by atoms with Gasteiger partial charge < -0.3 is 27.1 Å². The Kier molecular flexibility index (Phi) is 49.9. The Hall–Kier alpha value is -4.71. The molecule has 0 bridgehead atoms. The van der Waals surface area contributed by atoms with Crippen molar-refractivity contribution in [2.75, 3.05) is 19.8 Å². The predicted molar refractivity (Wildman–Crippen MR) is 511 cm³/mol. The second-order valence-electron chi connectivity index (χ2n) is 37.6. The van der Waals surface area contributed by atoms with Crippen LogP contribution in [0.2, 0.25) is 0 Å². The first-order valence-electron chi connectivity index (χ1n) is 48.0. The van der Waals surface area contributed by atoms with Gasteiger partial charge in [0.15, 0.2) is 0 Å². The van der Waals surface area contributed by atoms with Crippen molar-refractivity contribution in [1.82, 2.24) is 0 Å². The smallest absolute Gasteiger partial charge is 0.418 e. The van der Waals surface area contributed by atoms with Crippen molar-refractivity contribution in [2.45, 2.75) is 436 Å². The summed E-state index contributed by atoms with van der Waals surface area (Å²) < 4.78 is 63.3. The van der Waals surface area contributed by atoms with Gasteiger partial charge in [0.2, 0.25) is 0 Å². The molecule has 0 radical (unpaired) electrons. The van der Waals surface area contributed by atoms with Crippen molar-refractivity contribution in [3.05, 3.63) is 176 Å². The zero-order chi connectivity index (χ0) is 85.4. The van der Waals surface area contributed by atoms with Gasteiger partial charge in [0.05, 0.1) is 19.8 Å². The number of hydrogen-bond donors (Lipinski definition) is 0. The second-order valence-corrected chi connectivity index (χ2v) is 40.8. The minimum Gasteiger partial charge on any atom is -0.418 e. The fraction of sp³-hybridized carbons (Fsp3) is 0.660. The van der Waals surface area contributed by atoms with Gasteiger partial charge in [-0.1, -0.05) is 377 Å². The highest BCUT2D eigenvalue weighted by atomic mass is 31.2. The molecular weight excluding hydrogens is 1510 g/mol. The Labute approximate surface area is 728 Å². The van der Waals surface area contributed by atoms with Crippen LogP contribution in [0.3, 0.4) is 0 Å². The van der Waals surface area contributed by atoms with Crippen LogP contribution in [0, 0.1) is 20.8 Å². The Morgan fingerprint density at radius 1 is 0.271 bits per heavy atom. The van der Waals surface area contributed by atoms with Crippen molar-refractivity contribution in [3.63, 3.8) is 0 Å². The van der Waals surface area contributed by atoms with Crippen LogP contribution in [0.1, 0.15) is 446 Å².